The fourth-order valence-corrected chi connectivity index (χ4v) is 2.85. The van der Waals surface area contributed by atoms with Crippen LogP contribution >= 0.6 is 11.3 Å². The molecule has 0 aliphatic rings. The zero-order valence-electron chi connectivity index (χ0n) is 9.97. The van der Waals surface area contributed by atoms with E-state index in [1.807, 2.05) is 12.1 Å². The van der Waals surface area contributed by atoms with Gasteiger partial charge in [-0.05, 0) is 42.7 Å². The van der Waals surface area contributed by atoms with Gasteiger partial charge in [-0.2, -0.15) is 0 Å². The number of aromatic nitrogens is 1. The molecule has 1 atom stereocenters. The Morgan fingerprint density at radius 1 is 1.12 bits per heavy atom. The standard InChI is InChI=1S/C14H17NOS/c1-2-13-3-4-14(17-13)10-12(16)9-11-5-7-15-8-6-11/h3-8,12,16H,2,9-10H2,1H3. The summed E-state index contributed by atoms with van der Waals surface area (Å²) >= 11 is 1.80. The van der Waals surface area contributed by atoms with Crippen LogP contribution in [0.3, 0.4) is 0 Å². The molecule has 0 fully saturated rings. The summed E-state index contributed by atoms with van der Waals surface area (Å²) < 4.78 is 0. The van der Waals surface area contributed by atoms with Gasteiger partial charge in [-0.25, -0.2) is 0 Å². The van der Waals surface area contributed by atoms with E-state index in [1.54, 1.807) is 23.7 Å². The Morgan fingerprint density at radius 2 is 1.82 bits per heavy atom. The summed E-state index contributed by atoms with van der Waals surface area (Å²) in [6, 6.07) is 8.18. The molecule has 0 aliphatic carbocycles. The number of pyridine rings is 1. The largest absolute Gasteiger partial charge is 0.392 e. The first-order valence-corrected chi connectivity index (χ1v) is 6.74. The van der Waals surface area contributed by atoms with Crippen molar-refractivity contribution in [3.8, 4) is 0 Å². The quantitative estimate of drug-likeness (QED) is 0.881. The lowest BCUT2D eigenvalue weighted by molar-refractivity contribution is 0.176. The SMILES string of the molecule is CCc1ccc(CC(O)Cc2ccncc2)s1. The minimum absolute atomic E-state index is 0.305. The van der Waals surface area contributed by atoms with Crippen molar-refractivity contribution in [3.05, 3.63) is 52.0 Å². The molecule has 17 heavy (non-hydrogen) atoms. The minimum Gasteiger partial charge on any atom is -0.392 e. The second-order valence-corrected chi connectivity index (χ2v) is 5.39. The third kappa shape index (κ3) is 3.65. The number of aliphatic hydroxyl groups excluding tert-OH is 1. The molecule has 0 bridgehead atoms. The van der Waals surface area contributed by atoms with Crippen molar-refractivity contribution in [1.82, 2.24) is 4.98 Å². The van der Waals surface area contributed by atoms with Crippen molar-refractivity contribution in [3.63, 3.8) is 0 Å². The molecule has 0 aromatic carbocycles. The van der Waals surface area contributed by atoms with E-state index in [0.717, 1.165) is 18.4 Å². The van der Waals surface area contributed by atoms with Crippen molar-refractivity contribution in [2.24, 2.45) is 0 Å². The fraction of sp³-hybridized carbons (Fsp3) is 0.357. The van der Waals surface area contributed by atoms with Crippen LogP contribution < -0.4 is 0 Å². The summed E-state index contributed by atoms with van der Waals surface area (Å²) in [6.45, 7) is 2.16. The lowest BCUT2D eigenvalue weighted by atomic mass is 10.1. The Labute approximate surface area is 106 Å². The summed E-state index contributed by atoms with van der Waals surface area (Å²) in [6.07, 6.45) is 5.74. The van der Waals surface area contributed by atoms with E-state index in [-0.39, 0.29) is 6.10 Å². The highest BCUT2D eigenvalue weighted by molar-refractivity contribution is 7.11. The van der Waals surface area contributed by atoms with Gasteiger partial charge in [0.1, 0.15) is 0 Å². The molecule has 0 saturated heterocycles. The molecule has 0 saturated carbocycles. The Kier molecular flexibility index (Phi) is 4.29. The molecule has 0 aliphatic heterocycles. The highest BCUT2D eigenvalue weighted by Crippen LogP contribution is 2.19. The molecule has 2 heterocycles. The Hall–Kier alpha value is -1.19. The van der Waals surface area contributed by atoms with Crippen molar-refractivity contribution in [2.45, 2.75) is 32.3 Å². The second kappa shape index (κ2) is 5.94. The third-order valence-corrected chi connectivity index (χ3v) is 3.98. The van der Waals surface area contributed by atoms with E-state index in [4.69, 9.17) is 0 Å². The first kappa shape index (κ1) is 12.3. The van der Waals surface area contributed by atoms with Crippen molar-refractivity contribution >= 4 is 11.3 Å². The minimum atomic E-state index is -0.305. The average molecular weight is 247 g/mol. The number of thiophene rings is 1. The van der Waals surface area contributed by atoms with Crippen LogP contribution in [-0.4, -0.2) is 16.2 Å². The van der Waals surface area contributed by atoms with Gasteiger partial charge in [0, 0.05) is 28.6 Å². The zero-order valence-corrected chi connectivity index (χ0v) is 10.8. The molecule has 0 radical (unpaired) electrons. The number of aryl methyl sites for hydroxylation is 1. The summed E-state index contributed by atoms with van der Waals surface area (Å²) in [4.78, 5) is 6.62. The lowest BCUT2D eigenvalue weighted by Crippen LogP contribution is -2.13. The van der Waals surface area contributed by atoms with Crippen LogP contribution in [0.2, 0.25) is 0 Å². The molecule has 3 heteroatoms. The van der Waals surface area contributed by atoms with E-state index in [2.05, 4.69) is 24.0 Å². The first-order valence-electron chi connectivity index (χ1n) is 5.92. The van der Waals surface area contributed by atoms with E-state index < -0.39 is 0 Å². The maximum absolute atomic E-state index is 10.0. The molecule has 1 unspecified atom stereocenters. The molecule has 1 N–H and O–H groups in total. The van der Waals surface area contributed by atoms with Gasteiger partial charge >= 0.3 is 0 Å². The van der Waals surface area contributed by atoms with Crippen LogP contribution in [0, 0.1) is 0 Å². The summed E-state index contributed by atoms with van der Waals surface area (Å²) in [5, 5.41) is 10.0. The van der Waals surface area contributed by atoms with Crippen molar-refractivity contribution < 1.29 is 5.11 Å². The van der Waals surface area contributed by atoms with Gasteiger partial charge < -0.3 is 5.11 Å². The highest BCUT2D eigenvalue weighted by Gasteiger charge is 2.08. The summed E-state index contributed by atoms with van der Waals surface area (Å²) in [5.74, 6) is 0. The number of hydrogen-bond acceptors (Lipinski definition) is 3. The van der Waals surface area contributed by atoms with Gasteiger partial charge in [0.25, 0.3) is 0 Å². The number of hydrogen-bond donors (Lipinski definition) is 1. The van der Waals surface area contributed by atoms with Gasteiger partial charge in [-0.1, -0.05) is 6.92 Å². The third-order valence-electron chi connectivity index (χ3n) is 2.72. The van der Waals surface area contributed by atoms with Crippen LogP contribution in [0.4, 0.5) is 0 Å². The van der Waals surface area contributed by atoms with Crippen LogP contribution in [-0.2, 0) is 19.3 Å². The molecule has 0 amide bonds. The number of aliphatic hydroxyl groups is 1. The Morgan fingerprint density at radius 3 is 2.47 bits per heavy atom. The monoisotopic (exact) mass is 247 g/mol. The topological polar surface area (TPSA) is 33.1 Å². The molecule has 2 rings (SSSR count). The van der Waals surface area contributed by atoms with Crippen LogP contribution in [0.15, 0.2) is 36.7 Å². The molecule has 0 spiro atoms. The van der Waals surface area contributed by atoms with Crippen LogP contribution in [0.25, 0.3) is 0 Å². The molecule has 2 nitrogen and oxygen atoms in total. The fourth-order valence-electron chi connectivity index (χ4n) is 1.82. The van der Waals surface area contributed by atoms with Gasteiger partial charge in [0.15, 0.2) is 0 Å². The molecule has 2 aromatic heterocycles. The normalized spacial score (nSPS) is 12.6. The van der Waals surface area contributed by atoms with Gasteiger partial charge in [-0.3, -0.25) is 4.98 Å². The lowest BCUT2D eigenvalue weighted by Gasteiger charge is -2.08. The maximum atomic E-state index is 10.0. The zero-order chi connectivity index (χ0) is 12.1. The summed E-state index contributed by atoms with van der Waals surface area (Å²) in [5.41, 5.74) is 1.14. The average Bonchev–Trinajstić information content (AvgIpc) is 2.78. The summed E-state index contributed by atoms with van der Waals surface area (Å²) in [7, 11) is 0. The van der Waals surface area contributed by atoms with E-state index in [1.165, 1.54) is 9.75 Å². The predicted molar refractivity (Wildman–Crippen MR) is 71.3 cm³/mol. The molecule has 90 valence electrons. The number of rotatable bonds is 5. The van der Waals surface area contributed by atoms with Crippen molar-refractivity contribution in [2.75, 3.05) is 0 Å². The molecular weight excluding hydrogens is 230 g/mol. The number of nitrogens with zero attached hydrogens (tertiary/aromatic N) is 1. The van der Waals surface area contributed by atoms with E-state index in [9.17, 15) is 5.11 Å². The smallest absolute Gasteiger partial charge is 0.0628 e. The van der Waals surface area contributed by atoms with Gasteiger partial charge in [0.2, 0.25) is 0 Å². The predicted octanol–water partition coefficient (Wildman–Crippen LogP) is 2.85. The maximum Gasteiger partial charge on any atom is 0.0628 e. The van der Waals surface area contributed by atoms with Crippen molar-refractivity contribution in [1.29, 1.82) is 0 Å². The van der Waals surface area contributed by atoms with E-state index >= 15 is 0 Å². The van der Waals surface area contributed by atoms with Crippen LogP contribution in [0.1, 0.15) is 22.2 Å². The van der Waals surface area contributed by atoms with Gasteiger partial charge in [-0.15, -0.1) is 11.3 Å². The van der Waals surface area contributed by atoms with E-state index in [0.29, 0.717) is 6.42 Å². The molecular formula is C14H17NOS. The highest BCUT2D eigenvalue weighted by atomic mass is 32.1. The Bertz CT molecular complexity index is 452. The van der Waals surface area contributed by atoms with Crippen LogP contribution in [0.5, 0.6) is 0 Å². The van der Waals surface area contributed by atoms with Gasteiger partial charge in [0.05, 0.1) is 6.10 Å². The second-order valence-electron chi connectivity index (χ2n) is 4.14. The molecule has 2 aromatic rings. The first-order chi connectivity index (χ1) is 8.28. The Balaban J connectivity index is 1.91.